The molecule has 0 fully saturated rings. The fourth-order valence-electron chi connectivity index (χ4n) is 0.353. The van der Waals surface area contributed by atoms with E-state index in [0.29, 0.717) is 12.0 Å². The molecule has 0 saturated heterocycles. The Morgan fingerprint density at radius 3 is 2.11 bits per heavy atom. The molecule has 0 bridgehead atoms. The molecule has 3 heteroatoms. The first-order valence-corrected chi connectivity index (χ1v) is 4.85. The maximum absolute atomic E-state index is 3.19. The van der Waals surface area contributed by atoms with E-state index < -0.39 is 0 Å². The molecule has 0 aromatic heterocycles. The van der Waals surface area contributed by atoms with Crippen molar-refractivity contribution >= 4 is 8.73 Å². The highest BCUT2D eigenvalue weighted by Gasteiger charge is 2.03. The minimum atomic E-state index is 0.567. The van der Waals surface area contributed by atoms with E-state index in [0.717, 1.165) is 8.73 Å². The molecule has 2 N–H and O–H groups in total. The van der Waals surface area contributed by atoms with Crippen LogP contribution in [-0.4, -0.2) is 12.7 Å². The molecule has 0 saturated carbocycles. The van der Waals surface area contributed by atoms with E-state index >= 15 is 0 Å². The fraction of sp³-hybridized carbons (Fsp3) is 1.00. The molecule has 9 heavy (non-hydrogen) atoms. The van der Waals surface area contributed by atoms with Gasteiger partial charge in [0.2, 0.25) is 0 Å². The Labute approximate surface area is 59.6 Å². The molecule has 0 aliphatic carbocycles. The topological polar surface area (TPSA) is 24.1 Å². The zero-order valence-corrected chi connectivity index (χ0v) is 7.65. The molecular weight excluding hydrogens is 131 g/mol. The summed E-state index contributed by atoms with van der Waals surface area (Å²) in [5.74, 6) is 0.703. The lowest BCUT2D eigenvalue weighted by Gasteiger charge is -2.16. The van der Waals surface area contributed by atoms with Crippen molar-refractivity contribution in [1.29, 1.82) is 0 Å². The van der Waals surface area contributed by atoms with Crippen LogP contribution < -0.4 is 10.6 Å². The second kappa shape index (κ2) is 5.16. The van der Waals surface area contributed by atoms with Gasteiger partial charge in [0.05, 0.1) is 0 Å². The standard InChI is InChI=1S/C6H17N2P/c1-5(2)6(3)7-8-9-4/h5-9H,1-4H3. The van der Waals surface area contributed by atoms with Crippen molar-refractivity contribution in [2.45, 2.75) is 26.8 Å². The molecule has 2 unspecified atom stereocenters. The van der Waals surface area contributed by atoms with Crippen LogP contribution in [0.2, 0.25) is 0 Å². The molecule has 0 rings (SSSR count). The van der Waals surface area contributed by atoms with E-state index in [1.165, 1.54) is 0 Å². The molecule has 2 atom stereocenters. The number of nitrogens with one attached hydrogen (secondary N) is 2. The summed E-state index contributed by atoms with van der Waals surface area (Å²) in [5.41, 5.74) is 3.19. The Morgan fingerprint density at radius 2 is 1.78 bits per heavy atom. The van der Waals surface area contributed by atoms with Crippen LogP contribution in [0.4, 0.5) is 0 Å². The summed E-state index contributed by atoms with van der Waals surface area (Å²) in [4.78, 5) is 0. The van der Waals surface area contributed by atoms with Gasteiger partial charge < -0.3 is 0 Å². The zero-order chi connectivity index (χ0) is 7.28. The van der Waals surface area contributed by atoms with Crippen molar-refractivity contribution in [2.24, 2.45) is 5.92 Å². The number of hydrogen-bond donors (Lipinski definition) is 2. The third kappa shape index (κ3) is 4.83. The largest absolute Gasteiger partial charge is 0.251 e. The summed E-state index contributed by atoms with van der Waals surface area (Å²) >= 11 is 0. The molecule has 0 aliphatic heterocycles. The van der Waals surface area contributed by atoms with E-state index in [9.17, 15) is 0 Å². The quantitative estimate of drug-likeness (QED) is 0.464. The lowest BCUT2D eigenvalue weighted by molar-refractivity contribution is 0.419. The van der Waals surface area contributed by atoms with Crippen LogP contribution in [0.1, 0.15) is 20.8 Å². The highest BCUT2D eigenvalue weighted by atomic mass is 31.1. The van der Waals surface area contributed by atoms with Crippen LogP contribution in [0.25, 0.3) is 0 Å². The van der Waals surface area contributed by atoms with Gasteiger partial charge in [-0.1, -0.05) is 13.8 Å². The molecule has 0 heterocycles. The van der Waals surface area contributed by atoms with Gasteiger partial charge in [-0.05, 0) is 28.2 Å². The molecule has 0 spiro atoms. The zero-order valence-electron chi connectivity index (χ0n) is 6.65. The summed E-state index contributed by atoms with van der Waals surface area (Å²) in [6.07, 6.45) is 0. The molecule has 2 nitrogen and oxygen atoms in total. The van der Waals surface area contributed by atoms with Crippen molar-refractivity contribution in [3.8, 4) is 0 Å². The van der Waals surface area contributed by atoms with Gasteiger partial charge in [-0.2, -0.15) is 0 Å². The Balaban J connectivity index is 3.16. The predicted molar refractivity (Wildman–Crippen MR) is 44.8 cm³/mol. The average Bonchev–Trinajstić information content (AvgIpc) is 1.82. The molecule has 0 aliphatic rings. The van der Waals surface area contributed by atoms with Gasteiger partial charge in [0.15, 0.2) is 0 Å². The van der Waals surface area contributed by atoms with Crippen molar-refractivity contribution in [3.63, 3.8) is 0 Å². The lowest BCUT2D eigenvalue weighted by Crippen LogP contribution is -2.37. The Kier molecular flexibility index (Phi) is 5.36. The summed E-state index contributed by atoms with van der Waals surface area (Å²) < 4.78 is 0. The van der Waals surface area contributed by atoms with Crippen LogP contribution >= 0.6 is 8.73 Å². The van der Waals surface area contributed by atoms with Crippen molar-refractivity contribution in [3.05, 3.63) is 0 Å². The third-order valence-corrected chi connectivity index (χ3v) is 1.82. The molecule has 56 valence electrons. The highest BCUT2D eigenvalue weighted by Crippen LogP contribution is 1.99. The second-order valence-electron chi connectivity index (χ2n) is 2.55. The van der Waals surface area contributed by atoms with Gasteiger partial charge in [0.1, 0.15) is 0 Å². The fourth-order valence-corrected chi connectivity index (χ4v) is 0.725. The Morgan fingerprint density at radius 1 is 1.22 bits per heavy atom. The molecule has 0 radical (unpaired) electrons. The maximum atomic E-state index is 3.19. The number of hydrogen-bond acceptors (Lipinski definition) is 2. The van der Waals surface area contributed by atoms with Crippen LogP contribution in [0.3, 0.4) is 0 Å². The van der Waals surface area contributed by atoms with Crippen LogP contribution in [0.5, 0.6) is 0 Å². The van der Waals surface area contributed by atoms with E-state index in [1.807, 2.05) is 0 Å². The summed E-state index contributed by atoms with van der Waals surface area (Å²) in [5, 5.41) is 3.11. The monoisotopic (exact) mass is 148 g/mol. The Hall–Kier alpha value is 0.350. The van der Waals surface area contributed by atoms with Gasteiger partial charge in [0.25, 0.3) is 0 Å². The molecular formula is C6H17N2P. The van der Waals surface area contributed by atoms with E-state index in [2.05, 4.69) is 38.1 Å². The number of hydrazine groups is 1. The van der Waals surface area contributed by atoms with Crippen LogP contribution in [-0.2, 0) is 0 Å². The second-order valence-corrected chi connectivity index (χ2v) is 3.30. The van der Waals surface area contributed by atoms with Gasteiger partial charge in [-0.15, -0.1) is 0 Å². The first kappa shape index (κ1) is 9.35. The first-order chi connectivity index (χ1) is 4.18. The smallest absolute Gasteiger partial charge is 0.0210 e. The summed E-state index contributed by atoms with van der Waals surface area (Å²) in [7, 11) is 0.782. The van der Waals surface area contributed by atoms with E-state index in [4.69, 9.17) is 0 Å². The minimum absolute atomic E-state index is 0.567. The van der Waals surface area contributed by atoms with Crippen LogP contribution in [0.15, 0.2) is 0 Å². The van der Waals surface area contributed by atoms with Crippen LogP contribution in [0, 0.1) is 5.92 Å². The normalized spacial score (nSPS) is 15.7. The Bertz CT molecular complexity index is 66.1. The summed E-state index contributed by atoms with van der Waals surface area (Å²) in [6, 6.07) is 0.567. The average molecular weight is 148 g/mol. The van der Waals surface area contributed by atoms with Crippen molar-refractivity contribution < 1.29 is 0 Å². The van der Waals surface area contributed by atoms with Gasteiger partial charge in [-0.3, -0.25) is 5.43 Å². The van der Waals surface area contributed by atoms with E-state index in [1.54, 1.807) is 0 Å². The van der Waals surface area contributed by atoms with Crippen molar-refractivity contribution in [1.82, 2.24) is 10.6 Å². The third-order valence-electron chi connectivity index (χ3n) is 1.42. The highest BCUT2D eigenvalue weighted by molar-refractivity contribution is 7.34. The molecule has 0 aromatic carbocycles. The molecule has 0 aromatic rings. The van der Waals surface area contributed by atoms with Gasteiger partial charge in [0, 0.05) is 6.04 Å². The maximum Gasteiger partial charge on any atom is 0.0210 e. The van der Waals surface area contributed by atoms with E-state index in [-0.39, 0.29) is 0 Å². The minimum Gasteiger partial charge on any atom is -0.251 e. The first-order valence-electron chi connectivity index (χ1n) is 3.35. The lowest BCUT2D eigenvalue weighted by atomic mass is 10.1. The molecule has 0 amide bonds. The van der Waals surface area contributed by atoms with Gasteiger partial charge in [-0.25, -0.2) is 5.20 Å². The summed E-state index contributed by atoms with van der Waals surface area (Å²) in [6.45, 7) is 8.70. The SMILES string of the molecule is CPNNC(C)C(C)C. The van der Waals surface area contributed by atoms with Gasteiger partial charge >= 0.3 is 0 Å². The number of rotatable bonds is 4. The predicted octanol–water partition coefficient (Wildman–Crippen LogP) is 1.35. The van der Waals surface area contributed by atoms with Crippen molar-refractivity contribution in [2.75, 3.05) is 6.66 Å².